The van der Waals surface area contributed by atoms with Crippen LogP contribution in [0, 0.1) is 0 Å². The Bertz CT molecular complexity index is 1490. The van der Waals surface area contributed by atoms with Crippen LogP contribution in [0.25, 0.3) is 0 Å². The molecular weight excluding hydrogens is 512 g/mol. The maximum atomic E-state index is 5.24. The fourth-order valence-corrected chi connectivity index (χ4v) is 3.96. The number of rotatable bonds is 8. The predicted molar refractivity (Wildman–Crippen MR) is 151 cm³/mol. The van der Waals surface area contributed by atoms with E-state index in [0.29, 0.717) is 36.2 Å². The summed E-state index contributed by atoms with van der Waals surface area (Å²) in [4.78, 5) is 3.96. The zero-order valence-electron chi connectivity index (χ0n) is 23.1. The quantitative estimate of drug-likeness (QED) is 0.135. The Balaban J connectivity index is 1.60. The van der Waals surface area contributed by atoms with Crippen molar-refractivity contribution in [3.05, 3.63) is 72.5 Å². The Morgan fingerprint density at radius 3 is 2.98 bits per heavy atom. The third kappa shape index (κ3) is 6.80. The highest BCUT2D eigenvalue weighted by Crippen LogP contribution is 2.23. The smallest absolute Gasteiger partial charge is 0.421 e. The van der Waals surface area contributed by atoms with Gasteiger partial charge in [-0.3, -0.25) is 0 Å². The summed E-state index contributed by atoms with van der Waals surface area (Å²) in [6.07, 6.45) is 18.2. The van der Waals surface area contributed by atoms with Crippen LogP contribution in [-0.4, -0.2) is 71.4 Å². The maximum absolute atomic E-state index is 5.24. The molecule has 0 amide bonds. The molecule has 0 saturated carbocycles. The molecule has 2 aliphatic rings. The van der Waals surface area contributed by atoms with Gasteiger partial charge < -0.3 is 24.4 Å². The van der Waals surface area contributed by atoms with Gasteiger partial charge in [-0.05, 0) is 23.9 Å². The van der Waals surface area contributed by atoms with Crippen LogP contribution in [0.15, 0.2) is 108 Å². The summed E-state index contributed by atoms with van der Waals surface area (Å²) in [5.41, 5.74) is 1.60. The molecule has 208 valence electrons. The van der Waals surface area contributed by atoms with Crippen LogP contribution < -0.4 is 20.1 Å². The van der Waals surface area contributed by atoms with E-state index < -0.39 is 0 Å². The van der Waals surface area contributed by atoms with Gasteiger partial charge in [0.25, 0.3) is 0 Å². The number of azo groups is 2. The van der Waals surface area contributed by atoms with Gasteiger partial charge in [0.15, 0.2) is 18.2 Å². The number of guanidine groups is 1. The monoisotopic (exact) mass is 545 g/mol. The third-order valence-electron chi connectivity index (χ3n) is 6.05. The minimum atomic E-state index is -0.175. The second kappa shape index (κ2) is 13.5. The Hall–Kier alpha value is -5.21. The molecular formula is C25H33N14O+. The van der Waals surface area contributed by atoms with E-state index in [2.05, 4.69) is 51.1 Å². The number of hydrogen-bond acceptors (Lipinski definition) is 11. The van der Waals surface area contributed by atoms with Gasteiger partial charge in [-0.2, -0.15) is 5.11 Å². The Labute approximate surface area is 231 Å². The number of pyridine rings is 1. The second-order valence-corrected chi connectivity index (χ2v) is 8.67. The molecule has 0 aliphatic carbocycles. The van der Waals surface area contributed by atoms with Gasteiger partial charge in [0.05, 0.1) is 45.7 Å². The molecule has 0 saturated heterocycles. The average molecular weight is 546 g/mol. The molecule has 15 nitrogen and oxygen atoms in total. The van der Waals surface area contributed by atoms with Gasteiger partial charge >= 0.3 is 5.95 Å². The number of ether oxygens (including phenoxy) is 1. The maximum Gasteiger partial charge on any atom is 0.421 e. The van der Waals surface area contributed by atoms with E-state index in [1.54, 1.807) is 13.2 Å². The molecule has 2 aliphatic heterocycles. The van der Waals surface area contributed by atoms with Crippen LogP contribution in [0.5, 0.6) is 5.75 Å². The number of methoxy groups -OCH3 is 1. The average Bonchev–Trinajstić information content (AvgIpc) is 3.49. The fraction of sp³-hybridized carbons (Fsp3) is 0.320. The topological polar surface area (TPSA) is 140 Å². The van der Waals surface area contributed by atoms with E-state index in [1.807, 2.05) is 102 Å². The van der Waals surface area contributed by atoms with Crippen LogP contribution in [0.4, 0.5) is 5.95 Å². The molecule has 0 aromatic carbocycles. The SMILES string of the molecule is CN/C=C\C(=C/CN=N/C=N/N=c1\cc(OC)ccn1C)C1Cn2cc[n+](C)c2N=N/C=N/N=C2\N(C)C=CN21. The number of fused-ring (bicyclic) bond motifs is 2. The van der Waals surface area contributed by atoms with Crippen molar-refractivity contribution in [1.82, 2.24) is 24.3 Å². The summed E-state index contributed by atoms with van der Waals surface area (Å²) < 4.78 is 11.0. The lowest BCUT2D eigenvalue weighted by Crippen LogP contribution is -2.42. The number of aromatic nitrogens is 3. The van der Waals surface area contributed by atoms with Crippen molar-refractivity contribution in [3.63, 3.8) is 0 Å². The molecule has 15 heteroatoms. The van der Waals surface area contributed by atoms with Crippen LogP contribution in [-0.2, 0) is 20.6 Å². The molecule has 2 aromatic heterocycles. The molecule has 1 atom stereocenters. The van der Waals surface area contributed by atoms with Crippen molar-refractivity contribution >= 4 is 24.6 Å². The number of imidazole rings is 1. The molecule has 2 aromatic rings. The first-order valence-corrected chi connectivity index (χ1v) is 12.4. The Kier molecular flexibility index (Phi) is 9.42. The first kappa shape index (κ1) is 27.8. The summed E-state index contributed by atoms with van der Waals surface area (Å²) in [5, 5.41) is 36.4. The number of nitrogens with zero attached hydrogens (tertiary/aromatic N) is 13. The minimum absolute atomic E-state index is 0.175. The van der Waals surface area contributed by atoms with E-state index in [4.69, 9.17) is 4.74 Å². The van der Waals surface area contributed by atoms with E-state index >= 15 is 0 Å². The van der Waals surface area contributed by atoms with Gasteiger partial charge in [0, 0.05) is 50.9 Å². The van der Waals surface area contributed by atoms with Gasteiger partial charge in [0.1, 0.15) is 5.75 Å². The molecule has 40 heavy (non-hydrogen) atoms. The lowest BCUT2D eigenvalue weighted by Gasteiger charge is -2.29. The summed E-state index contributed by atoms with van der Waals surface area (Å²) in [6.45, 7) is 0.879. The number of aryl methyl sites for hydroxylation is 2. The van der Waals surface area contributed by atoms with Crippen molar-refractivity contribution in [2.75, 3.05) is 27.7 Å². The molecule has 1 N–H and O–H groups in total. The first-order chi connectivity index (χ1) is 19.5. The molecule has 0 radical (unpaired) electrons. The summed E-state index contributed by atoms with van der Waals surface area (Å²) >= 11 is 0. The van der Waals surface area contributed by atoms with Crippen molar-refractivity contribution in [2.45, 2.75) is 12.6 Å². The second-order valence-electron chi connectivity index (χ2n) is 8.67. The summed E-state index contributed by atoms with van der Waals surface area (Å²) in [7, 11) is 9.16. The largest absolute Gasteiger partial charge is 0.497 e. The van der Waals surface area contributed by atoms with Gasteiger partial charge in [-0.25, -0.2) is 9.13 Å². The molecule has 4 heterocycles. The van der Waals surface area contributed by atoms with E-state index in [0.717, 1.165) is 5.57 Å². The molecule has 4 rings (SSSR count). The minimum Gasteiger partial charge on any atom is -0.497 e. The Morgan fingerprint density at radius 1 is 1.27 bits per heavy atom. The van der Waals surface area contributed by atoms with Gasteiger partial charge in [-0.1, -0.05) is 11.2 Å². The van der Waals surface area contributed by atoms with Crippen molar-refractivity contribution in [1.29, 1.82) is 0 Å². The van der Waals surface area contributed by atoms with E-state index in [-0.39, 0.29) is 6.04 Å². The fourth-order valence-electron chi connectivity index (χ4n) is 3.96. The summed E-state index contributed by atoms with van der Waals surface area (Å²) in [6, 6.07) is 3.45. The van der Waals surface area contributed by atoms with Crippen molar-refractivity contribution < 1.29 is 9.30 Å². The van der Waals surface area contributed by atoms with Crippen molar-refractivity contribution in [3.8, 4) is 5.75 Å². The van der Waals surface area contributed by atoms with Crippen LogP contribution in [0.1, 0.15) is 0 Å². The lowest BCUT2D eigenvalue weighted by atomic mass is 10.0. The first-order valence-electron chi connectivity index (χ1n) is 12.4. The van der Waals surface area contributed by atoms with Gasteiger partial charge in [0.2, 0.25) is 5.96 Å². The third-order valence-corrected chi connectivity index (χ3v) is 6.05. The van der Waals surface area contributed by atoms with E-state index in [9.17, 15) is 0 Å². The predicted octanol–water partition coefficient (Wildman–Crippen LogP) is 1.80. The zero-order valence-corrected chi connectivity index (χ0v) is 23.1. The van der Waals surface area contributed by atoms with Crippen molar-refractivity contribution in [2.24, 2.45) is 55.0 Å². The standard InChI is InChI=1S/C25H33N14O/c1-26-9-6-20(7-10-27-28-18-29-32-23-16-21(40-5)8-11-35(23)2)22-17-38-14-12-36(3)24(38)33-30-19-31-34-25-37(4)13-15-39(22)25/h6-9,11-16,18-19,22,26H,10,17H2,1-5H3/q+1/b9-6-,20-7+,28-27?,29-18+,32-23+. The normalized spacial score (nSPS) is 20.2. The van der Waals surface area contributed by atoms with Crippen LogP contribution in [0.2, 0.25) is 0 Å². The molecule has 0 fully saturated rings. The molecule has 1 unspecified atom stereocenters. The Morgan fingerprint density at radius 2 is 2.15 bits per heavy atom. The van der Waals surface area contributed by atoms with Crippen LogP contribution >= 0.6 is 0 Å². The number of hydrogen-bond donors (Lipinski definition) is 1. The summed E-state index contributed by atoms with van der Waals surface area (Å²) in [5.74, 6) is 2.03. The highest BCUT2D eigenvalue weighted by atomic mass is 16.5. The lowest BCUT2D eigenvalue weighted by molar-refractivity contribution is -0.657. The molecule has 0 spiro atoms. The highest BCUT2D eigenvalue weighted by molar-refractivity contribution is 5.85. The van der Waals surface area contributed by atoms with E-state index in [1.165, 1.54) is 12.7 Å². The zero-order chi connectivity index (χ0) is 28.3. The van der Waals surface area contributed by atoms with Gasteiger partial charge in [-0.15, -0.1) is 25.5 Å². The van der Waals surface area contributed by atoms with Crippen LogP contribution in [0.3, 0.4) is 0 Å². The highest BCUT2D eigenvalue weighted by Gasteiger charge is 2.31. The molecule has 0 bridgehead atoms. The number of nitrogens with one attached hydrogen (secondary N) is 1.